The van der Waals surface area contributed by atoms with Gasteiger partial charge in [0.25, 0.3) is 0 Å². The maximum atomic E-state index is 13.5. The van der Waals surface area contributed by atoms with Crippen molar-refractivity contribution in [2.45, 2.75) is 13.8 Å². The number of halogens is 2. The molecule has 0 unspecified atom stereocenters. The number of hydrogen-bond donors (Lipinski definition) is 2. The predicted molar refractivity (Wildman–Crippen MR) is 117 cm³/mol. The SMILES string of the molecule is Cc1cc(OCCOCCOCCN)cc(Nc2ncn(-c3cc(F)cc(F)c3)n2)c1C. The van der Waals surface area contributed by atoms with Crippen LogP contribution in [0.5, 0.6) is 5.75 Å². The highest BCUT2D eigenvalue weighted by Gasteiger charge is 2.10. The van der Waals surface area contributed by atoms with Crippen LogP contribution in [0.25, 0.3) is 5.69 Å². The quantitative estimate of drug-likeness (QED) is 0.411. The van der Waals surface area contributed by atoms with Crippen LogP contribution in [-0.4, -0.2) is 54.3 Å². The van der Waals surface area contributed by atoms with Gasteiger partial charge >= 0.3 is 0 Å². The molecule has 3 rings (SSSR count). The van der Waals surface area contributed by atoms with Crippen molar-refractivity contribution in [3.05, 3.63) is 59.4 Å². The van der Waals surface area contributed by atoms with E-state index in [0.717, 1.165) is 22.9 Å². The highest BCUT2D eigenvalue weighted by molar-refractivity contribution is 5.63. The van der Waals surface area contributed by atoms with Gasteiger partial charge in [0.2, 0.25) is 5.95 Å². The molecule has 0 saturated heterocycles. The molecule has 3 N–H and O–H groups in total. The molecule has 10 heteroatoms. The summed E-state index contributed by atoms with van der Waals surface area (Å²) < 4.78 is 44.7. The number of aryl methyl sites for hydroxylation is 1. The lowest BCUT2D eigenvalue weighted by Gasteiger charge is -2.13. The van der Waals surface area contributed by atoms with E-state index in [0.29, 0.717) is 45.3 Å². The lowest BCUT2D eigenvalue weighted by atomic mass is 10.1. The molecular weight excluding hydrogens is 420 g/mol. The molecule has 0 radical (unpaired) electrons. The number of rotatable bonds is 12. The molecule has 3 aromatic rings. The Hall–Kier alpha value is -3.08. The van der Waals surface area contributed by atoms with E-state index in [9.17, 15) is 8.78 Å². The Labute approximate surface area is 185 Å². The van der Waals surface area contributed by atoms with Crippen LogP contribution in [0.2, 0.25) is 0 Å². The van der Waals surface area contributed by atoms with E-state index in [2.05, 4.69) is 15.4 Å². The summed E-state index contributed by atoms with van der Waals surface area (Å²) in [6.07, 6.45) is 1.38. The minimum absolute atomic E-state index is 0.237. The molecule has 0 aliphatic rings. The average molecular weight is 447 g/mol. The van der Waals surface area contributed by atoms with E-state index in [1.807, 2.05) is 26.0 Å². The van der Waals surface area contributed by atoms with Gasteiger partial charge in [-0.15, -0.1) is 5.10 Å². The van der Waals surface area contributed by atoms with Crippen molar-refractivity contribution in [2.24, 2.45) is 5.73 Å². The Morgan fingerprint density at radius 1 is 0.938 bits per heavy atom. The van der Waals surface area contributed by atoms with Crippen LogP contribution in [0.1, 0.15) is 11.1 Å². The third kappa shape index (κ3) is 6.71. The number of benzene rings is 2. The molecule has 0 bridgehead atoms. The van der Waals surface area contributed by atoms with Crippen molar-refractivity contribution in [1.82, 2.24) is 14.8 Å². The summed E-state index contributed by atoms with van der Waals surface area (Å²) in [5.74, 6) is -0.415. The van der Waals surface area contributed by atoms with Crippen LogP contribution < -0.4 is 15.8 Å². The molecule has 0 aliphatic carbocycles. The molecule has 8 nitrogen and oxygen atoms in total. The first-order chi connectivity index (χ1) is 15.5. The van der Waals surface area contributed by atoms with Crippen LogP contribution in [0, 0.1) is 25.5 Å². The first-order valence-corrected chi connectivity index (χ1v) is 10.2. The molecule has 32 heavy (non-hydrogen) atoms. The van der Waals surface area contributed by atoms with Gasteiger partial charge in [-0.1, -0.05) is 0 Å². The van der Waals surface area contributed by atoms with Gasteiger partial charge in [0, 0.05) is 24.4 Å². The number of nitrogens with two attached hydrogens (primary N) is 1. The standard InChI is InChI=1S/C22H27F2N5O3/c1-15-9-20(32-8-7-31-6-5-30-4-3-25)13-21(16(15)2)27-22-26-14-29(28-22)19-11-17(23)10-18(24)12-19/h9-14H,3-8,25H2,1-2H3,(H,27,28). The van der Waals surface area contributed by atoms with Gasteiger partial charge < -0.3 is 25.3 Å². The Balaban J connectivity index is 1.60. The summed E-state index contributed by atoms with van der Waals surface area (Å²) >= 11 is 0. The third-order valence-corrected chi connectivity index (χ3v) is 4.62. The molecule has 0 fully saturated rings. The van der Waals surface area contributed by atoms with E-state index in [1.54, 1.807) is 0 Å². The van der Waals surface area contributed by atoms with Crippen molar-refractivity contribution in [3.63, 3.8) is 0 Å². The summed E-state index contributed by atoms with van der Waals surface area (Å²) in [6, 6.07) is 6.94. The zero-order chi connectivity index (χ0) is 22.9. The summed E-state index contributed by atoms with van der Waals surface area (Å²) in [5, 5.41) is 7.39. The zero-order valence-electron chi connectivity index (χ0n) is 18.1. The number of hydrogen-bond acceptors (Lipinski definition) is 7. The summed E-state index contributed by atoms with van der Waals surface area (Å²) in [7, 11) is 0. The molecule has 0 aliphatic heterocycles. The fraction of sp³-hybridized carbons (Fsp3) is 0.364. The molecule has 0 saturated carbocycles. The smallest absolute Gasteiger partial charge is 0.246 e. The molecule has 1 aromatic heterocycles. The van der Waals surface area contributed by atoms with Crippen LogP contribution in [0.15, 0.2) is 36.7 Å². The van der Waals surface area contributed by atoms with E-state index in [-0.39, 0.29) is 11.6 Å². The van der Waals surface area contributed by atoms with Gasteiger partial charge in [-0.25, -0.2) is 13.5 Å². The fourth-order valence-corrected chi connectivity index (χ4v) is 2.90. The normalized spacial score (nSPS) is 11.0. The van der Waals surface area contributed by atoms with Gasteiger partial charge in [0.1, 0.15) is 30.3 Å². The molecule has 172 valence electrons. The van der Waals surface area contributed by atoms with Crippen LogP contribution >= 0.6 is 0 Å². The van der Waals surface area contributed by atoms with Crippen molar-refractivity contribution in [2.75, 3.05) is 44.9 Å². The summed E-state index contributed by atoms with van der Waals surface area (Å²) in [6.45, 7) is 6.74. The fourth-order valence-electron chi connectivity index (χ4n) is 2.90. The molecule has 2 aromatic carbocycles. The Bertz CT molecular complexity index is 1010. The van der Waals surface area contributed by atoms with Crippen molar-refractivity contribution in [3.8, 4) is 11.4 Å². The first kappa shape index (κ1) is 23.6. The monoisotopic (exact) mass is 447 g/mol. The van der Waals surface area contributed by atoms with Crippen molar-refractivity contribution < 1.29 is 23.0 Å². The lowest BCUT2D eigenvalue weighted by molar-refractivity contribution is 0.0388. The van der Waals surface area contributed by atoms with E-state index >= 15 is 0 Å². The molecular formula is C22H27F2N5O3. The lowest BCUT2D eigenvalue weighted by Crippen LogP contribution is -2.14. The molecule has 0 atom stereocenters. The molecule has 1 heterocycles. The first-order valence-electron chi connectivity index (χ1n) is 10.2. The van der Waals surface area contributed by atoms with Gasteiger partial charge in [-0.2, -0.15) is 4.98 Å². The van der Waals surface area contributed by atoms with Crippen LogP contribution in [0.3, 0.4) is 0 Å². The average Bonchev–Trinajstić information content (AvgIpc) is 3.21. The van der Waals surface area contributed by atoms with Crippen LogP contribution in [-0.2, 0) is 9.47 Å². The molecule has 0 spiro atoms. The molecule has 0 amide bonds. The Morgan fingerprint density at radius 2 is 1.62 bits per heavy atom. The second-order valence-electron chi connectivity index (χ2n) is 7.04. The maximum absolute atomic E-state index is 13.5. The number of nitrogens with zero attached hydrogens (tertiary/aromatic N) is 3. The van der Waals surface area contributed by atoms with E-state index in [1.165, 1.54) is 23.1 Å². The largest absolute Gasteiger partial charge is 0.491 e. The Morgan fingerprint density at radius 3 is 2.34 bits per heavy atom. The summed E-state index contributed by atoms with van der Waals surface area (Å²) in [4.78, 5) is 4.18. The second-order valence-corrected chi connectivity index (χ2v) is 7.04. The highest BCUT2D eigenvalue weighted by Crippen LogP contribution is 2.28. The number of aromatic nitrogens is 3. The van der Waals surface area contributed by atoms with Gasteiger partial charge in [-0.05, 0) is 43.2 Å². The number of nitrogens with one attached hydrogen (secondary N) is 1. The number of ether oxygens (including phenoxy) is 3. The highest BCUT2D eigenvalue weighted by atomic mass is 19.1. The minimum Gasteiger partial charge on any atom is -0.491 e. The maximum Gasteiger partial charge on any atom is 0.246 e. The third-order valence-electron chi connectivity index (χ3n) is 4.62. The van der Waals surface area contributed by atoms with E-state index in [4.69, 9.17) is 19.9 Å². The second kappa shape index (κ2) is 11.5. The Kier molecular flexibility index (Phi) is 8.48. The van der Waals surface area contributed by atoms with Gasteiger partial charge in [-0.3, -0.25) is 0 Å². The minimum atomic E-state index is -0.687. The predicted octanol–water partition coefficient (Wildman–Crippen LogP) is 3.28. The van der Waals surface area contributed by atoms with Crippen LogP contribution in [0.4, 0.5) is 20.4 Å². The number of anilines is 2. The topological polar surface area (TPSA) is 96.5 Å². The zero-order valence-corrected chi connectivity index (χ0v) is 18.1. The van der Waals surface area contributed by atoms with Crippen molar-refractivity contribution >= 4 is 11.6 Å². The van der Waals surface area contributed by atoms with Gasteiger partial charge in [0.05, 0.1) is 32.1 Å². The van der Waals surface area contributed by atoms with Gasteiger partial charge in [0.15, 0.2) is 0 Å². The van der Waals surface area contributed by atoms with Crippen molar-refractivity contribution in [1.29, 1.82) is 0 Å². The summed E-state index contributed by atoms with van der Waals surface area (Å²) in [5.41, 5.74) is 8.37. The van der Waals surface area contributed by atoms with E-state index < -0.39 is 11.6 Å².